The summed E-state index contributed by atoms with van der Waals surface area (Å²) in [5.74, 6) is 2.18. The topological polar surface area (TPSA) is 41.6 Å². The average Bonchev–Trinajstić information content (AvgIpc) is 2.49. The van der Waals surface area contributed by atoms with Crippen LogP contribution in [0.15, 0.2) is 24.3 Å². The minimum atomic E-state index is 0.207. The molecule has 0 radical (unpaired) electrons. The molecule has 1 aromatic rings. The Labute approximate surface area is 144 Å². The number of nitrogens with zero attached hydrogens (tertiary/aromatic N) is 1. The maximum absolute atomic E-state index is 12.4. The standard InChI is InChI=1S/C20H28N2O2/c1-14-13-22(9-10-24-14)19-7-5-18(6-8-19)21-20(23)17-11-16(12-17)15-3-2-4-15/h5-8,14-17H,2-4,9-13H2,1H3,(H,21,23). The Kier molecular flexibility index (Phi) is 4.49. The Morgan fingerprint density at radius 2 is 1.92 bits per heavy atom. The summed E-state index contributed by atoms with van der Waals surface area (Å²) in [5.41, 5.74) is 2.12. The zero-order valence-corrected chi connectivity index (χ0v) is 14.5. The number of nitrogens with one attached hydrogen (secondary N) is 1. The van der Waals surface area contributed by atoms with Crippen molar-refractivity contribution in [3.8, 4) is 0 Å². The lowest BCUT2D eigenvalue weighted by molar-refractivity contribution is -0.125. The highest BCUT2D eigenvalue weighted by molar-refractivity contribution is 5.93. The third-order valence-corrected chi connectivity index (χ3v) is 6.10. The fourth-order valence-corrected chi connectivity index (χ4v) is 4.22. The van der Waals surface area contributed by atoms with Gasteiger partial charge < -0.3 is 15.0 Å². The van der Waals surface area contributed by atoms with E-state index >= 15 is 0 Å². The first-order chi connectivity index (χ1) is 11.7. The zero-order valence-electron chi connectivity index (χ0n) is 14.5. The second-order valence-corrected chi connectivity index (χ2v) is 7.78. The summed E-state index contributed by atoms with van der Waals surface area (Å²) in [5, 5.41) is 3.10. The molecule has 1 saturated heterocycles. The SMILES string of the molecule is CC1CN(c2ccc(NC(=O)C3CC(C4CCC4)C3)cc2)CCO1. The number of hydrogen-bond acceptors (Lipinski definition) is 3. The van der Waals surface area contributed by atoms with Gasteiger partial charge in [-0.05, 0) is 55.9 Å². The Bertz CT molecular complexity index is 576. The number of carbonyl (C=O) groups excluding carboxylic acids is 1. The molecule has 1 heterocycles. The van der Waals surface area contributed by atoms with Crippen molar-refractivity contribution >= 4 is 17.3 Å². The van der Waals surface area contributed by atoms with E-state index in [9.17, 15) is 4.79 Å². The van der Waals surface area contributed by atoms with Crippen molar-refractivity contribution < 1.29 is 9.53 Å². The van der Waals surface area contributed by atoms with Crippen molar-refractivity contribution in [2.75, 3.05) is 29.9 Å². The molecule has 0 bridgehead atoms. The van der Waals surface area contributed by atoms with Crippen LogP contribution in [0.3, 0.4) is 0 Å². The monoisotopic (exact) mass is 328 g/mol. The van der Waals surface area contributed by atoms with Crippen molar-refractivity contribution in [1.29, 1.82) is 0 Å². The fourth-order valence-electron chi connectivity index (χ4n) is 4.22. The number of benzene rings is 1. The van der Waals surface area contributed by atoms with Crippen LogP contribution in [0.2, 0.25) is 0 Å². The van der Waals surface area contributed by atoms with Crippen LogP contribution in [0.5, 0.6) is 0 Å². The molecular weight excluding hydrogens is 300 g/mol. The van der Waals surface area contributed by atoms with E-state index in [-0.39, 0.29) is 17.9 Å². The highest BCUT2D eigenvalue weighted by Gasteiger charge is 2.40. The Morgan fingerprint density at radius 3 is 2.54 bits per heavy atom. The van der Waals surface area contributed by atoms with Crippen LogP contribution >= 0.6 is 0 Å². The second-order valence-electron chi connectivity index (χ2n) is 7.78. The molecule has 1 atom stereocenters. The van der Waals surface area contributed by atoms with Gasteiger partial charge in [0.1, 0.15) is 0 Å². The van der Waals surface area contributed by atoms with Crippen molar-refractivity contribution in [3.05, 3.63) is 24.3 Å². The maximum atomic E-state index is 12.4. The number of hydrogen-bond donors (Lipinski definition) is 1. The normalized spacial score (nSPS) is 30.4. The molecule has 130 valence electrons. The van der Waals surface area contributed by atoms with Gasteiger partial charge in [0, 0.05) is 30.4 Å². The van der Waals surface area contributed by atoms with Gasteiger partial charge in [0.25, 0.3) is 0 Å². The fraction of sp³-hybridized carbons (Fsp3) is 0.650. The van der Waals surface area contributed by atoms with Crippen molar-refractivity contribution in [3.63, 3.8) is 0 Å². The summed E-state index contributed by atoms with van der Waals surface area (Å²) < 4.78 is 5.59. The molecule has 2 aliphatic carbocycles. The summed E-state index contributed by atoms with van der Waals surface area (Å²) in [6.07, 6.45) is 6.65. The van der Waals surface area contributed by atoms with Crippen molar-refractivity contribution in [2.24, 2.45) is 17.8 Å². The second kappa shape index (κ2) is 6.75. The van der Waals surface area contributed by atoms with E-state index < -0.39 is 0 Å². The molecule has 0 aromatic heterocycles. The van der Waals surface area contributed by atoms with Crippen LogP contribution < -0.4 is 10.2 Å². The van der Waals surface area contributed by atoms with Gasteiger partial charge in [0.15, 0.2) is 0 Å². The van der Waals surface area contributed by atoms with Gasteiger partial charge in [0.05, 0.1) is 12.7 Å². The number of amides is 1. The minimum Gasteiger partial charge on any atom is -0.375 e. The molecule has 3 aliphatic rings. The summed E-state index contributed by atoms with van der Waals surface area (Å²) >= 11 is 0. The largest absolute Gasteiger partial charge is 0.375 e. The number of morpholine rings is 1. The number of ether oxygens (including phenoxy) is 1. The van der Waals surface area contributed by atoms with Crippen molar-refractivity contribution in [1.82, 2.24) is 0 Å². The molecule has 4 heteroatoms. The maximum Gasteiger partial charge on any atom is 0.227 e. The van der Waals surface area contributed by atoms with Crippen LogP contribution in [0, 0.1) is 17.8 Å². The van der Waals surface area contributed by atoms with Crippen LogP contribution in [-0.2, 0) is 9.53 Å². The minimum absolute atomic E-state index is 0.207. The van der Waals surface area contributed by atoms with Crippen LogP contribution in [-0.4, -0.2) is 31.7 Å². The highest BCUT2D eigenvalue weighted by atomic mass is 16.5. The van der Waals surface area contributed by atoms with Gasteiger partial charge in [-0.1, -0.05) is 19.3 Å². The molecular formula is C20H28N2O2. The summed E-state index contributed by atoms with van der Waals surface area (Å²) in [4.78, 5) is 14.7. The lowest BCUT2D eigenvalue weighted by Crippen LogP contribution is -2.41. The third-order valence-electron chi connectivity index (χ3n) is 6.10. The summed E-state index contributed by atoms with van der Waals surface area (Å²) in [6.45, 7) is 4.75. The van der Waals surface area contributed by atoms with Crippen LogP contribution in [0.4, 0.5) is 11.4 Å². The Balaban J connectivity index is 1.28. The van der Waals surface area contributed by atoms with Gasteiger partial charge in [-0.25, -0.2) is 0 Å². The quantitative estimate of drug-likeness (QED) is 0.917. The smallest absolute Gasteiger partial charge is 0.227 e. The molecule has 1 aromatic carbocycles. The van der Waals surface area contributed by atoms with E-state index in [1.165, 1.54) is 24.9 Å². The Hall–Kier alpha value is -1.55. The first kappa shape index (κ1) is 15.9. The van der Waals surface area contributed by atoms with Crippen LogP contribution in [0.1, 0.15) is 39.0 Å². The van der Waals surface area contributed by atoms with E-state index in [2.05, 4.69) is 29.3 Å². The van der Waals surface area contributed by atoms with Gasteiger partial charge in [-0.2, -0.15) is 0 Å². The van der Waals surface area contributed by atoms with E-state index in [0.29, 0.717) is 0 Å². The van der Waals surface area contributed by atoms with Crippen molar-refractivity contribution in [2.45, 2.75) is 45.1 Å². The number of carbonyl (C=O) groups is 1. The molecule has 24 heavy (non-hydrogen) atoms. The third kappa shape index (κ3) is 3.30. The first-order valence-corrected chi connectivity index (χ1v) is 9.46. The highest BCUT2D eigenvalue weighted by Crippen LogP contribution is 2.47. The van der Waals surface area contributed by atoms with E-state index in [0.717, 1.165) is 50.1 Å². The lowest BCUT2D eigenvalue weighted by Gasteiger charge is -2.43. The van der Waals surface area contributed by atoms with Gasteiger partial charge >= 0.3 is 0 Å². The van der Waals surface area contributed by atoms with Gasteiger partial charge in [0.2, 0.25) is 5.91 Å². The van der Waals surface area contributed by atoms with Gasteiger partial charge in [-0.15, -0.1) is 0 Å². The summed E-state index contributed by atoms with van der Waals surface area (Å²) in [7, 11) is 0. The van der Waals surface area contributed by atoms with Crippen LogP contribution in [0.25, 0.3) is 0 Å². The molecule has 1 amide bonds. The van der Waals surface area contributed by atoms with E-state index in [4.69, 9.17) is 4.74 Å². The first-order valence-electron chi connectivity index (χ1n) is 9.46. The molecule has 1 N–H and O–H groups in total. The summed E-state index contributed by atoms with van der Waals surface area (Å²) in [6, 6.07) is 8.25. The van der Waals surface area contributed by atoms with Gasteiger partial charge in [-0.3, -0.25) is 4.79 Å². The van der Waals surface area contributed by atoms with E-state index in [1.54, 1.807) is 0 Å². The lowest BCUT2D eigenvalue weighted by atomic mass is 9.62. The molecule has 3 fully saturated rings. The predicted octanol–water partition coefficient (Wildman–Crippen LogP) is 3.68. The molecule has 4 rings (SSSR count). The molecule has 1 aliphatic heterocycles. The predicted molar refractivity (Wildman–Crippen MR) is 96.3 cm³/mol. The Morgan fingerprint density at radius 1 is 1.17 bits per heavy atom. The number of anilines is 2. The van der Waals surface area contributed by atoms with E-state index in [1.807, 2.05) is 12.1 Å². The molecule has 2 saturated carbocycles. The molecule has 0 spiro atoms. The molecule has 1 unspecified atom stereocenters. The number of rotatable bonds is 4. The zero-order chi connectivity index (χ0) is 16.5. The average molecular weight is 328 g/mol. The molecule has 4 nitrogen and oxygen atoms in total.